The van der Waals surface area contributed by atoms with Crippen molar-refractivity contribution in [2.24, 2.45) is 0 Å². The zero-order valence-electron chi connectivity index (χ0n) is 8.21. The number of halogens is 1. The van der Waals surface area contributed by atoms with Crippen LogP contribution in [0, 0.1) is 0 Å². The molecule has 3 aromatic rings. The largest absolute Gasteiger partial charge is 0.298 e. The number of rotatable bonds is 1. The molecule has 3 aromatic heterocycles. The summed E-state index contributed by atoms with van der Waals surface area (Å²) in [6.45, 7) is 0. The third-order valence-corrected chi connectivity index (χ3v) is 2.48. The van der Waals surface area contributed by atoms with Gasteiger partial charge in [-0.1, -0.05) is 17.7 Å². The predicted molar refractivity (Wildman–Crippen MR) is 61.2 cm³/mol. The molecule has 0 aromatic carbocycles. The fourth-order valence-electron chi connectivity index (χ4n) is 1.62. The average molecular weight is 231 g/mol. The van der Waals surface area contributed by atoms with Crippen molar-refractivity contribution in [2.75, 3.05) is 0 Å². The number of aromatic nitrogens is 4. The van der Waals surface area contributed by atoms with E-state index in [0.717, 1.165) is 17.0 Å². The molecule has 0 radical (unpaired) electrons. The van der Waals surface area contributed by atoms with E-state index < -0.39 is 0 Å². The fraction of sp³-hybridized carbons (Fsp3) is 0. The Morgan fingerprint density at radius 2 is 2.12 bits per heavy atom. The van der Waals surface area contributed by atoms with Crippen LogP contribution in [0.1, 0.15) is 0 Å². The third-order valence-electron chi connectivity index (χ3n) is 2.30. The molecule has 0 N–H and O–H groups in total. The molecule has 3 rings (SSSR count). The molecule has 0 bridgehead atoms. The van der Waals surface area contributed by atoms with E-state index in [2.05, 4.69) is 15.0 Å². The van der Waals surface area contributed by atoms with Gasteiger partial charge in [-0.2, -0.15) is 0 Å². The first-order chi connectivity index (χ1) is 7.84. The smallest absolute Gasteiger partial charge is 0.148 e. The maximum absolute atomic E-state index is 5.82. The number of fused-ring (bicyclic) bond motifs is 1. The van der Waals surface area contributed by atoms with Crippen LogP contribution < -0.4 is 0 Å². The third kappa shape index (κ3) is 1.44. The maximum atomic E-state index is 5.82. The van der Waals surface area contributed by atoms with Gasteiger partial charge < -0.3 is 0 Å². The highest BCUT2D eigenvalue weighted by Crippen LogP contribution is 2.18. The Hall–Kier alpha value is -1.94. The lowest BCUT2D eigenvalue weighted by atomic mass is 10.3. The Morgan fingerprint density at radius 3 is 3.00 bits per heavy atom. The molecule has 0 atom stereocenters. The topological polar surface area (TPSA) is 43.1 Å². The molecule has 0 aliphatic carbocycles. The van der Waals surface area contributed by atoms with Crippen molar-refractivity contribution in [2.45, 2.75) is 0 Å². The molecule has 0 spiro atoms. The molecule has 0 unspecified atom stereocenters. The molecule has 0 fully saturated rings. The summed E-state index contributed by atoms with van der Waals surface area (Å²) < 4.78 is 1.94. The van der Waals surface area contributed by atoms with Gasteiger partial charge in [0.25, 0.3) is 0 Å². The van der Waals surface area contributed by atoms with E-state index in [9.17, 15) is 0 Å². The monoisotopic (exact) mass is 230 g/mol. The summed E-state index contributed by atoms with van der Waals surface area (Å²) in [6, 6.07) is 5.82. The van der Waals surface area contributed by atoms with Crippen LogP contribution in [0.3, 0.4) is 0 Å². The Labute approximate surface area is 96.6 Å². The number of nitrogens with zero attached hydrogens (tertiary/aromatic N) is 4. The van der Waals surface area contributed by atoms with E-state index in [4.69, 9.17) is 11.6 Å². The Bertz CT molecular complexity index is 647. The van der Waals surface area contributed by atoms with E-state index in [0.29, 0.717) is 5.15 Å². The first-order valence-corrected chi connectivity index (χ1v) is 5.12. The van der Waals surface area contributed by atoms with Crippen LogP contribution in [-0.2, 0) is 0 Å². The first-order valence-electron chi connectivity index (χ1n) is 4.74. The van der Waals surface area contributed by atoms with Gasteiger partial charge >= 0.3 is 0 Å². The van der Waals surface area contributed by atoms with Crippen LogP contribution in [-0.4, -0.2) is 19.4 Å². The van der Waals surface area contributed by atoms with Gasteiger partial charge in [-0.15, -0.1) is 0 Å². The molecular formula is C11H7ClN4. The quantitative estimate of drug-likeness (QED) is 0.645. The summed E-state index contributed by atoms with van der Waals surface area (Å²) in [5, 5.41) is 0.384. The highest BCUT2D eigenvalue weighted by atomic mass is 35.5. The second-order valence-electron chi connectivity index (χ2n) is 3.29. The molecule has 0 amide bonds. The molecule has 5 heteroatoms. The molecule has 3 heterocycles. The van der Waals surface area contributed by atoms with E-state index in [1.165, 1.54) is 6.20 Å². The van der Waals surface area contributed by atoms with Crippen LogP contribution in [0.4, 0.5) is 0 Å². The van der Waals surface area contributed by atoms with Gasteiger partial charge in [0.05, 0.1) is 18.1 Å². The highest BCUT2D eigenvalue weighted by molar-refractivity contribution is 6.29. The minimum atomic E-state index is 0.384. The van der Waals surface area contributed by atoms with E-state index in [1.807, 2.05) is 28.8 Å². The Morgan fingerprint density at radius 1 is 1.19 bits per heavy atom. The first kappa shape index (κ1) is 9.30. The highest BCUT2D eigenvalue weighted by Gasteiger charge is 2.05. The van der Waals surface area contributed by atoms with Crippen LogP contribution in [0.15, 0.2) is 43.0 Å². The van der Waals surface area contributed by atoms with Crippen molar-refractivity contribution in [3.05, 3.63) is 48.1 Å². The summed E-state index contributed by atoms with van der Waals surface area (Å²) in [7, 11) is 0. The van der Waals surface area contributed by atoms with Gasteiger partial charge in [0.1, 0.15) is 16.5 Å². The molecule has 0 saturated carbocycles. The van der Waals surface area contributed by atoms with Gasteiger partial charge in [-0.3, -0.25) is 9.38 Å². The van der Waals surface area contributed by atoms with Gasteiger partial charge in [-0.05, 0) is 12.1 Å². The summed E-state index contributed by atoms with van der Waals surface area (Å²) in [6.07, 6.45) is 6.82. The standard InChI is InChI=1S/C11H7ClN4/c12-10-7-13-6-8(15-10)9-2-1-3-11-14-4-5-16(9)11/h1-7H. The van der Waals surface area contributed by atoms with Crippen LogP contribution in [0.2, 0.25) is 5.15 Å². The molecule has 0 aliphatic rings. The molecule has 16 heavy (non-hydrogen) atoms. The molecule has 4 nitrogen and oxygen atoms in total. The lowest BCUT2D eigenvalue weighted by molar-refractivity contribution is 1.13. The van der Waals surface area contributed by atoms with Crippen molar-refractivity contribution < 1.29 is 0 Å². The maximum Gasteiger partial charge on any atom is 0.148 e. The van der Waals surface area contributed by atoms with Crippen molar-refractivity contribution in [3.63, 3.8) is 0 Å². The predicted octanol–water partition coefficient (Wildman–Crippen LogP) is 2.44. The van der Waals surface area contributed by atoms with Crippen molar-refractivity contribution >= 4 is 17.2 Å². The zero-order valence-corrected chi connectivity index (χ0v) is 8.96. The van der Waals surface area contributed by atoms with Crippen LogP contribution in [0.25, 0.3) is 17.0 Å². The van der Waals surface area contributed by atoms with Crippen molar-refractivity contribution in [1.29, 1.82) is 0 Å². The number of hydrogen-bond acceptors (Lipinski definition) is 3. The van der Waals surface area contributed by atoms with Crippen molar-refractivity contribution in [1.82, 2.24) is 19.4 Å². The SMILES string of the molecule is Clc1cncc(-c2cccc3nccn23)n1. The minimum absolute atomic E-state index is 0.384. The van der Waals surface area contributed by atoms with Gasteiger partial charge in [0.2, 0.25) is 0 Å². The zero-order chi connectivity index (χ0) is 11.0. The van der Waals surface area contributed by atoms with E-state index in [1.54, 1.807) is 12.4 Å². The van der Waals surface area contributed by atoms with Crippen molar-refractivity contribution in [3.8, 4) is 11.4 Å². The average Bonchev–Trinajstić information content (AvgIpc) is 2.76. The second-order valence-corrected chi connectivity index (χ2v) is 3.68. The summed E-state index contributed by atoms with van der Waals surface area (Å²) >= 11 is 5.82. The lowest BCUT2D eigenvalue weighted by Gasteiger charge is -2.03. The fourth-order valence-corrected chi connectivity index (χ4v) is 1.77. The summed E-state index contributed by atoms with van der Waals surface area (Å²) in [5.74, 6) is 0. The molecule has 0 saturated heterocycles. The number of imidazole rings is 1. The van der Waals surface area contributed by atoms with Crippen LogP contribution >= 0.6 is 11.6 Å². The molecular weight excluding hydrogens is 224 g/mol. The minimum Gasteiger partial charge on any atom is -0.298 e. The van der Waals surface area contributed by atoms with Gasteiger partial charge in [0.15, 0.2) is 0 Å². The Balaban J connectivity index is 2.29. The normalized spacial score (nSPS) is 10.8. The Kier molecular flexibility index (Phi) is 2.08. The lowest BCUT2D eigenvalue weighted by Crippen LogP contribution is -1.93. The summed E-state index contributed by atoms with van der Waals surface area (Å²) in [5.41, 5.74) is 2.53. The second kappa shape index (κ2) is 3.57. The van der Waals surface area contributed by atoms with E-state index >= 15 is 0 Å². The number of hydrogen-bond donors (Lipinski definition) is 0. The van der Waals surface area contributed by atoms with Crippen LogP contribution in [0.5, 0.6) is 0 Å². The van der Waals surface area contributed by atoms with Gasteiger partial charge in [-0.25, -0.2) is 9.97 Å². The summed E-state index contributed by atoms with van der Waals surface area (Å²) in [4.78, 5) is 12.5. The van der Waals surface area contributed by atoms with E-state index in [-0.39, 0.29) is 0 Å². The molecule has 0 aliphatic heterocycles. The van der Waals surface area contributed by atoms with Gasteiger partial charge in [0, 0.05) is 12.4 Å². The molecule has 78 valence electrons. The number of pyridine rings is 1.